The van der Waals surface area contributed by atoms with Crippen molar-refractivity contribution in [1.29, 1.82) is 0 Å². The van der Waals surface area contributed by atoms with Crippen LogP contribution >= 0.6 is 0 Å². The molecule has 0 bridgehead atoms. The second kappa shape index (κ2) is 2.18. The van der Waals surface area contributed by atoms with Crippen molar-refractivity contribution in [3.05, 3.63) is 11.9 Å². The van der Waals surface area contributed by atoms with E-state index in [1.165, 1.54) is 0 Å². The third-order valence-electron chi connectivity index (χ3n) is 1.33. The highest BCUT2D eigenvalue weighted by Crippen LogP contribution is 2.01. The van der Waals surface area contributed by atoms with Crippen LogP contribution < -0.4 is 17.2 Å². The first kappa shape index (κ1) is 6.88. The van der Waals surface area contributed by atoms with Crippen LogP contribution in [0.3, 0.4) is 0 Å². The molecule has 10 heavy (non-hydrogen) atoms. The minimum absolute atomic E-state index is 0.311. The van der Waals surface area contributed by atoms with Crippen molar-refractivity contribution < 1.29 is 0 Å². The highest BCUT2D eigenvalue weighted by atomic mass is 15.3. The van der Waals surface area contributed by atoms with Gasteiger partial charge in [0.15, 0.2) is 6.29 Å². The fourth-order valence-electron chi connectivity index (χ4n) is 0.670. The zero-order chi connectivity index (χ0) is 7.72. The molecule has 0 saturated heterocycles. The smallest absolute Gasteiger partial charge is 0.175 e. The normalized spacial score (nSPS) is 25.8. The number of hydrogen-bond donors (Lipinski definition) is 3. The number of amidine groups is 1. The van der Waals surface area contributed by atoms with Crippen molar-refractivity contribution in [2.45, 2.75) is 6.29 Å². The molecule has 5 nitrogen and oxygen atoms in total. The van der Waals surface area contributed by atoms with E-state index in [1.807, 2.05) is 0 Å². The fraction of sp³-hybridized carbons (Fsp3) is 0.400. The van der Waals surface area contributed by atoms with E-state index >= 15 is 0 Å². The molecule has 1 heterocycles. The van der Waals surface area contributed by atoms with Gasteiger partial charge in [0, 0.05) is 13.2 Å². The van der Waals surface area contributed by atoms with Crippen molar-refractivity contribution in [2.24, 2.45) is 22.2 Å². The van der Waals surface area contributed by atoms with E-state index in [-0.39, 0.29) is 0 Å². The fourth-order valence-corrected chi connectivity index (χ4v) is 0.670. The molecule has 0 aromatic heterocycles. The van der Waals surface area contributed by atoms with Crippen LogP contribution in [-0.4, -0.2) is 24.1 Å². The summed E-state index contributed by atoms with van der Waals surface area (Å²) in [5, 5.41) is 0. The highest BCUT2D eigenvalue weighted by molar-refractivity contribution is 5.96. The average Bonchev–Trinajstić information content (AvgIpc) is 1.84. The lowest BCUT2D eigenvalue weighted by atomic mass is 10.4. The Morgan fingerprint density at radius 1 is 1.60 bits per heavy atom. The molecule has 6 N–H and O–H groups in total. The maximum atomic E-state index is 5.49. The topological polar surface area (TPSA) is 93.7 Å². The Balaban J connectivity index is 2.83. The predicted molar refractivity (Wildman–Crippen MR) is 39.6 cm³/mol. The van der Waals surface area contributed by atoms with Gasteiger partial charge in [-0.15, -0.1) is 0 Å². The summed E-state index contributed by atoms with van der Waals surface area (Å²) >= 11 is 0. The Morgan fingerprint density at radius 3 is 2.70 bits per heavy atom. The third-order valence-corrected chi connectivity index (χ3v) is 1.33. The first-order valence-electron chi connectivity index (χ1n) is 2.89. The Bertz CT molecular complexity index is 172. The van der Waals surface area contributed by atoms with Crippen molar-refractivity contribution in [1.82, 2.24) is 4.90 Å². The number of rotatable bonds is 0. The van der Waals surface area contributed by atoms with Crippen molar-refractivity contribution in [3.63, 3.8) is 0 Å². The molecule has 0 saturated carbocycles. The molecule has 0 radical (unpaired) electrons. The monoisotopic (exact) mass is 141 g/mol. The lowest BCUT2D eigenvalue weighted by Crippen LogP contribution is -2.41. The predicted octanol–water partition coefficient (Wildman–Crippen LogP) is -1.67. The Kier molecular flexibility index (Phi) is 1.50. The summed E-state index contributed by atoms with van der Waals surface area (Å²) in [6.45, 7) is 0. The van der Waals surface area contributed by atoms with E-state index < -0.39 is 6.29 Å². The largest absolute Gasteiger partial charge is 0.395 e. The van der Waals surface area contributed by atoms with Crippen LogP contribution in [0.15, 0.2) is 16.9 Å². The summed E-state index contributed by atoms with van der Waals surface area (Å²) in [4.78, 5) is 5.54. The number of hydrogen-bond acceptors (Lipinski definition) is 5. The molecule has 1 aliphatic rings. The second-order valence-corrected chi connectivity index (χ2v) is 2.18. The molecule has 0 aromatic carbocycles. The summed E-state index contributed by atoms with van der Waals surface area (Å²) in [5.41, 5.74) is 16.8. The number of nitrogens with two attached hydrogens (primary N) is 3. The molecule has 0 amide bonds. The molecule has 5 heteroatoms. The summed E-state index contributed by atoms with van der Waals surface area (Å²) in [6.07, 6.45) is 1.26. The van der Waals surface area contributed by atoms with E-state index in [9.17, 15) is 0 Å². The summed E-state index contributed by atoms with van der Waals surface area (Å²) < 4.78 is 0. The van der Waals surface area contributed by atoms with E-state index in [1.54, 1.807) is 18.1 Å². The molecule has 1 rings (SSSR count). The van der Waals surface area contributed by atoms with Crippen LogP contribution in [-0.2, 0) is 0 Å². The molecule has 1 unspecified atom stereocenters. The lowest BCUT2D eigenvalue weighted by molar-refractivity contribution is 0.340. The van der Waals surface area contributed by atoms with Crippen molar-refractivity contribution >= 4 is 5.84 Å². The number of aliphatic imine (C=N–C) groups is 1. The zero-order valence-electron chi connectivity index (χ0n) is 5.78. The van der Waals surface area contributed by atoms with Crippen molar-refractivity contribution in [2.75, 3.05) is 7.05 Å². The van der Waals surface area contributed by atoms with E-state index in [2.05, 4.69) is 4.99 Å². The second-order valence-electron chi connectivity index (χ2n) is 2.18. The van der Waals surface area contributed by atoms with Gasteiger partial charge in [-0.1, -0.05) is 0 Å². The summed E-state index contributed by atoms with van der Waals surface area (Å²) in [6, 6.07) is 0. The van der Waals surface area contributed by atoms with Gasteiger partial charge in [0.2, 0.25) is 0 Å². The molecule has 1 aliphatic heterocycles. The number of nitrogens with zero attached hydrogens (tertiary/aromatic N) is 2. The van der Waals surface area contributed by atoms with Gasteiger partial charge in [-0.25, -0.2) is 4.99 Å². The van der Waals surface area contributed by atoms with Gasteiger partial charge in [0.1, 0.15) is 5.84 Å². The standard InChI is InChI=1S/C5H11N5/c1-10-2-3(6)4(7)9-5(10)8/h2,5H,6,8H2,1H3,(H2,7,9). The van der Waals surface area contributed by atoms with E-state index in [0.29, 0.717) is 11.5 Å². The van der Waals surface area contributed by atoms with Gasteiger partial charge in [-0.3, -0.25) is 5.73 Å². The maximum absolute atomic E-state index is 5.49. The quantitative estimate of drug-likeness (QED) is 0.376. The van der Waals surface area contributed by atoms with Gasteiger partial charge in [0.25, 0.3) is 0 Å². The van der Waals surface area contributed by atoms with Crippen molar-refractivity contribution in [3.8, 4) is 0 Å². The van der Waals surface area contributed by atoms with Crippen LogP contribution in [0.4, 0.5) is 0 Å². The zero-order valence-corrected chi connectivity index (χ0v) is 5.78. The van der Waals surface area contributed by atoms with Crippen LogP contribution in [0, 0.1) is 0 Å². The molecule has 0 aliphatic carbocycles. The van der Waals surface area contributed by atoms with Crippen LogP contribution in [0.25, 0.3) is 0 Å². The molecule has 56 valence electrons. The summed E-state index contributed by atoms with van der Waals surface area (Å²) in [7, 11) is 1.79. The molecule has 1 atom stereocenters. The van der Waals surface area contributed by atoms with Crippen LogP contribution in [0.2, 0.25) is 0 Å². The van der Waals surface area contributed by atoms with Gasteiger partial charge >= 0.3 is 0 Å². The van der Waals surface area contributed by atoms with Crippen LogP contribution in [0.5, 0.6) is 0 Å². The van der Waals surface area contributed by atoms with Gasteiger partial charge in [-0.2, -0.15) is 0 Å². The first-order chi connectivity index (χ1) is 4.61. The van der Waals surface area contributed by atoms with Gasteiger partial charge in [-0.05, 0) is 0 Å². The molecule has 0 fully saturated rings. The molecule has 0 spiro atoms. The minimum atomic E-state index is -0.396. The average molecular weight is 141 g/mol. The molecular weight excluding hydrogens is 130 g/mol. The maximum Gasteiger partial charge on any atom is 0.175 e. The highest BCUT2D eigenvalue weighted by Gasteiger charge is 2.12. The molecule has 0 aromatic rings. The third kappa shape index (κ3) is 1.03. The Labute approximate surface area is 59.2 Å². The molecular formula is C5H11N5. The Hall–Kier alpha value is -1.23. The first-order valence-corrected chi connectivity index (χ1v) is 2.89. The summed E-state index contributed by atoms with van der Waals surface area (Å²) in [5.74, 6) is 0.311. The lowest BCUT2D eigenvalue weighted by Gasteiger charge is -2.24. The van der Waals surface area contributed by atoms with Crippen LogP contribution in [0.1, 0.15) is 0 Å². The van der Waals surface area contributed by atoms with Gasteiger partial charge in [0.05, 0.1) is 5.70 Å². The Morgan fingerprint density at radius 2 is 2.20 bits per heavy atom. The van der Waals surface area contributed by atoms with Gasteiger partial charge < -0.3 is 16.4 Å². The van der Waals surface area contributed by atoms with E-state index in [4.69, 9.17) is 17.2 Å². The minimum Gasteiger partial charge on any atom is -0.395 e. The SMILES string of the molecule is CN1C=C(N)C(N)=NC1N. The van der Waals surface area contributed by atoms with E-state index in [0.717, 1.165) is 0 Å².